The highest BCUT2D eigenvalue weighted by Gasteiger charge is 2.27. The van der Waals surface area contributed by atoms with E-state index in [1.807, 2.05) is 43.8 Å². The van der Waals surface area contributed by atoms with Crippen LogP contribution >= 0.6 is 0 Å². The molecule has 41 heavy (non-hydrogen) atoms. The van der Waals surface area contributed by atoms with Crippen LogP contribution in [0.4, 0.5) is 10.1 Å². The molecule has 0 spiro atoms. The van der Waals surface area contributed by atoms with E-state index in [1.165, 1.54) is 23.3 Å². The monoisotopic (exact) mass is 553 g/mol. The molecule has 8 heteroatoms. The van der Waals surface area contributed by atoms with Crippen LogP contribution in [0, 0.1) is 5.82 Å². The van der Waals surface area contributed by atoms with E-state index in [2.05, 4.69) is 39.6 Å². The van der Waals surface area contributed by atoms with Crippen molar-refractivity contribution in [2.45, 2.75) is 58.5 Å². The van der Waals surface area contributed by atoms with Gasteiger partial charge in [-0.15, -0.1) is 0 Å². The number of hydrogen-bond acceptors (Lipinski definition) is 4. The van der Waals surface area contributed by atoms with Gasteiger partial charge in [-0.25, -0.2) is 4.39 Å². The molecule has 0 saturated carbocycles. The van der Waals surface area contributed by atoms with Gasteiger partial charge in [0.1, 0.15) is 5.82 Å². The van der Waals surface area contributed by atoms with Gasteiger partial charge in [0.15, 0.2) is 0 Å². The van der Waals surface area contributed by atoms with Crippen molar-refractivity contribution in [1.29, 1.82) is 0 Å². The number of halogens is 1. The Morgan fingerprint density at radius 1 is 1.20 bits per heavy atom. The number of rotatable bonds is 7. The molecule has 1 fully saturated rings. The summed E-state index contributed by atoms with van der Waals surface area (Å²) in [6.07, 6.45) is 8.35. The molecule has 2 aliphatic heterocycles. The lowest BCUT2D eigenvalue weighted by Gasteiger charge is -2.33. The maximum atomic E-state index is 14.5. The second kappa shape index (κ2) is 11.1. The Kier molecular flexibility index (Phi) is 7.34. The van der Waals surface area contributed by atoms with Crippen LogP contribution in [-0.4, -0.2) is 56.8 Å². The van der Waals surface area contributed by atoms with Crippen molar-refractivity contribution in [3.05, 3.63) is 89.1 Å². The highest BCUT2D eigenvalue weighted by atomic mass is 19.1. The summed E-state index contributed by atoms with van der Waals surface area (Å²) in [7, 11) is 0. The quantitative estimate of drug-likeness (QED) is 0.309. The van der Waals surface area contributed by atoms with Crippen molar-refractivity contribution in [3.8, 4) is 5.69 Å². The SMILES string of the molecule is CCN(C(=O)c1cc(F)ccc1-n1cc(C2CCCN(Cc3ccc4c(c3)NC(=O)C4)C2)c2ccncc21)C(C)C. The van der Waals surface area contributed by atoms with Gasteiger partial charge in [0.25, 0.3) is 5.91 Å². The predicted molar refractivity (Wildman–Crippen MR) is 159 cm³/mol. The first kappa shape index (κ1) is 27.1. The average molecular weight is 554 g/mol. The highest BCUT2D eigenvalue weighted by Crippen LogP contribution is 2.36. The number of anilines is 1. The van der Waals surface area contributed by atoms with E-state index < -0.39 is 5.82 Å². The molecule has 4 aromatic rings. The number of nitrogens with one attached hydrogen (secondary N) is 1. The Balaban J connectivity index is 1.33. The summed E-state index contributed by atoms with van der Waals surface area (Å²) in [5.74, 6) is -0.260. The maximum absolute atomic E-state index is 14.5. The zero-order valence-electron chi connectivity index (χ0n) is 23.9. The first-order valence-electron chi connectivity index (χ1n) is 14.5. The molecule has 1 unspecified atom stereocenters. The first-order valence-corrected chi connectivity index (χ1v) is 14.5. The van der Waals surface area contributed by atoms with Crippen LogP contribution in [-0.2, 0) is 17.8 Å². The van der Waals surface area contributed by atoms with Crippen molar-refractivity contribution >= 4 is 28.4 Å². The summed E-state index contributed by atoms with van der Waals surface area (Å²) in [6.45, 7) is 9.16. The zero-order valence-corrected chi connectivity index (χ0v) is 23.9. The largest absolute Gasteiger partial charge is 0.336 e. The molecule has 1 N–H and O–H groups in total. The number of carbonyl (C=O) groups excluding carboxylic acids is 2. The van der Waals surface area contributed by atoms with Gasteiger partial charge in [-0.2, -0.15) is 0 Å². The van der Waals surface area contributed by atoms with Crippen LogP contribution in [0.3, 0.4) is 0 Å². The van der Waals surface area contributed by atoms with Gasteiger partial charge >= 0.3 is 0 Å². The lowest BCUT2D eigenvalue weighted by Crippen LogP contribution is -2.37. The number of amides is 2. The van der Waals surface area contributed by atoms with E-state index in [-0.39, 0.29) is 17.9 Å². The van der Waals surface area contributed by atoms with Gasteiger partial charge < -0.3 is 14.8 Å². The molecule has 2 aromatic heterocycles. The molecule has 212 valence electrons. The topological polar surface area (TPSA) is 70.5 Å². The minimum absolute atomic E-state index is 0.00239. The van der Waals surface area contributed by atoms with Gasteiger partial charge in [-0.05, 0) is 93.1 Å². The summed E-state index contributed by atoms with van der Waals surface area (Å²) in [4.78, 5) is 34.0. The van der Waals surface area contributed by atoms with Crippen LogP contribution in [0.1, 0.15) is 66.6 Å². The van der Waals surface area contributed by atoms with Gasteiger partial charge in [-0.3, -0.25) is 19.5 Å². The second-order valence-electron chi connectivity index (χ2n) is 11.5. The van der Waals surface area contributed by atoms with Crippen molar-refractivity contribution < 1.29 is 14.0 Å². The molecule has 7 nitrogen and oxygen atoms in total. The molecular weight excluding hydrogens is 517 g/mol. The number of piperidine rings is 1. The molecule has 2 aliphatic rings. The molecule has 1 atom stereocenters. The van der Waals surface area contributed by atoms with Gasteiger partial charge in [0.2, 0.25) is 5.91 Å². The van der Waals surface area contributed by atoms with E-state index in [9.17, 15) is 14.0 Å². The molecule has 2 aromatic carbocycles. The number of pyridine rings is 1. The van der Waals surface area contributed by atoms with Crippen LogP contribution in [0.5, 0.6) is 0 Å². The number of benzene rings is 2. The summed E-state index contributed by atoms with van der Waals surface area (Å²) < 4.78 is 16.5. The molecule has 1 saturated heterocycles. The number of nitrogens with zero attached hydrogens (tertiary/aromatic N) is 4. The maximum Gasteiger partial charge on any atom is 0.256 e. The molecule has 0 aliphatic carbocycles. The molecule has 6 rings (SSSR count). The number of carbonyl (C=O) groups is 2. The Bertz CT molecular complexity index is 1630. The van der Waals surface area contributed by atoms with Gasteiger partial charge in [0.05, 0.1) is 29.4 Å². The van der Waals surface area contributed by atoms with E-state index in [0.717, 1.165) is 54.6 Å². The summed E-state index contributed by atoms with van der Waals surface area (Å²) in [5.41, 5.74) is 6.31. The van der Waals surface area contributed by atoms with Crippen LogP contribution < -0.4 is 5.32 Å². The summed E-state index contributed by atoms with van der Waals surface area (Å²) >= 11 is 0. The predicted octanol–water partition coefficient (Wildman–Crippen LogP) is 5.91. The first-order chi connectivity index (χ1) is 19.8. The van der Waals surface area contributed by atoms with Crippen molar-refractivity contribution in [3.63, 3.8) is 0 Å². The zero-order chi connectivity index (χ0) is 28.7. The lowest BCUT2D eigenvalue weighted by atomic mass is 9.90. The second-order valence-corrected chi connectivity index (χ2v) is 11.5. The third kappa shape index (κ3) is 5.24. The van der Waals surface area contributed by atoms with E-state index in [1.54, 1.807) is 11.0 Å². The molecular formula is C33H36FN5O2. The van der Waals surface area contributed by atoms with Crippen LogP contribution in [0.2, 0.25) is 0 Å². The average Bonchev–Trinajstić information content (AvgIpc) is 3.53. The fourth-order valence-electron chi connectivity index (χ4n) is 6.48. The molecule has 2 amide bonds. The van der Waals surface area contributed by atoms with Gasteiger partial charge in [0, 0.05) is 49.1 Å². The Morgan fingerprint density at radius 3 is 2.85 bits per heavy atom. The standard InChI is InChI=1S/C33H36FN5O2/c1-4-38(21(2)3)33(41)27-16-25(34)9-10-30(27)39-20-28(26-11-12-35-17-31(26)39)24-6-5-13-37(19-24)18-22-7-8-23-15-32(40)36-29(23)14-22/h7-12,14,16-17,20-21,24H,4-6,13,15,18-19H2,1-3H3,(H,36,40). The number of aromatic nitrogens is 2. The van der Waals surface area contributed by atoms with Crippen molar-refractivity contribution in [2.24, 2.45) is 0 Å². The minimum Gasteiger partial charge on any atom is -0.336 e. The fraction of sp³-hybridized carbons (Fsp3) is 0.364. The van der Waals surface area contributed by atoms with Crippen molar-refractivity contribution in [1.82, 2.24) is 19.4 Å². The number of fused-ring (bicyclic) bond motifs is 2. The van der Waals surface area contributed by atoms with Crippen LogP contribution in [0.25, 0.3) is 16.6 Å². The van der Waals surface area contributed by atoms with Gasteiger partial charge in [-0.1, -0.05) is 12.1 Å². The summed E-state index contributed by atoms with van der Waals surface area (Å²) in [5, 5.41) is 4.07. The normalized spacial score (nSPS) is 17.2. The number of likely N-dealkylation sites (tertiary alicyclic amines) is 1. The third-order valence-electron chi connectivity index (χ3n) is 8.46. The molecule has 4 heterocycles. The smallest absolute Gasteiger partial charge is 0.256 e. The summed E-state index contributed by atoms with van der Waals surface area (Å²) in [6, 6.07) is 12.8. The fourth-order valence-corrected chi connectivity index (χ4v) is 6.48. The minimum atomic E-state index is -0.430. The third-order valence-corrected chi connectivity index (χ3v) is 8.46. The van der Waals surface area contributed by atoms with E-state index in [0.29, 0.717) is 30.1 Å². The van der Waals surface area contributed by atoms with Crippen molar-refractivity contribution in [2.75, 3.05) is 25.0 Å². The Labute approximate surface area is 240 Å². The Hall–Kier alpha value is -4.04. The molecule has 0 radical (unpaired) electrons. The van der Waals surface area contributed by atoms with Crippen LogP contribution in [0.15, 0.2) is 61.1 Å². The van der Waals surface area contributed by atoms with E-state index >= 15 is 0 Å². The highest BCUT2D eigenvalue weighted by molar-refractivity contribution is 6.00. The number of hydrogen-bond donors (Lipinski definition) is 1. The lowest BCUT2D eigenvalue weighted by molar-refractivity contribution is -0.115. The van der Waals surface area contributed by atoms with E-state index in [4.69, 9.17) is 0 Å². The molecule has 0 bridgehead atoms. The Morgan fingerprint density at radius 2 is 2.05 bits per heavy atom.